The largest absolute Gasteiger partial charge is 0.497 e. The number of carbonyl (C=O) groups is 3. The second-order valence-corrected chi connectivity index (χ2v) is 15.4. The van der Waals surface area contributed by atoms with Crippen molar-refractivity contribution in [1.29, 1.82) is 0 Å². The first kappa shape index (κ1) is 36.0. The van der Waals surface area contributed by atoms with E-state index in [1.807, 2.05) is 66.7 Å². The maximum absolute atomic E-state index is 14.1. The Morgan fingerprint density at radius 2 is 1.85 bits per heavy atom. The highest BCUT2D eigenvalue weighted by Crippen LogP contribution is 2.46. The maximum Gasteiger partial charge on any atom is 0.264 e. The molecule has 3 aromatic carbocycles. The Labute approximate surface area is 308 Å². The minimum Gasteiger partial charge on any atom is -0.497 e. The normalized spacial score (nSPS) is 24.6. The third kappa shape index (κ3) is 7.71. The smallest absolute Gasteiger partial charge is 0.264 e. The highest BCUT2D eigenvalue weighted by Gasteiger charge is 2.61. The highest BCUT2D eigenvalue weighted by atomic mass is 32.2. The van der Waals surface area contributed by atoms with Gasteiger partial charge >= 0.3 is 0 Å². The van der Waals surface area contributed by atoms with Crippen molar-refractivity contribution in [3.05, 3.63) is 91.0 Å². The number of hydrogen-bond donors (Lipinski definition) is 2. The van der Waals surface area contributed by atoms with Crippen molar-refractivity contribution >= 4 is 38.6 Å². The number of nitrogens with one attached hydrogen (secondary N) is 2. The Bertz CT molecular complexity index is 2180. The van der Waals surface area contributed by atoms with Crippen LogP contribution < -0.4 is 24.2 Å². The molecule has 3 heterocycles. The van der Waals surface area contributed by atoms with Crippen molar-refractivity contribution in [3.63, 3.8) is 0 Å². The summed E-state index contributed by atoms with van der Waals surface area (Å²) < 4.78 is 46.8. The summed E-state index contributed by atoms with van der Waals surface area (Å²) in [6, 6.07) is 22.1. The number of hydrogen-bond acceptors (Lipinski definition) is 9. The SMILES string of the molecule is COc1ccc2c(O[C@@H]3C[C@@H](C(=O)N[C@]45C[C@H]4/C=C/CCCCCOc4cccc(c4)S(=O)(=O)NC5=O)N(C(C)=O)C3)cc(-c3ccccc3)nc2c1. The zero-order valence-electron chi connectivity index (χ0n) is 29.6. The third-order valence-electron chi connectivity index (χ3n) is 10.1. The first-order valence-corrected chi connectivity index (χ1v) is 19.3. The molecule has 1 saturated carbocycles. The van der Waals surface area contributed by atoms with Crippen molar-refractivity contribution in [3.8, 4) is 28.5 Å². The number of ether oxygens (including phenoxy) is 3. The van der Waals surface area contributed by atoms with E-state index in [0.717, 1.165) is 36.6 Å². The van der Waals surface area contributed by atoms with Crippen LogP contribution in [0.1, 0.15) is 45.4 Å². The summed E-state index contributed by atoms with van der Waals surface area (Å²) in [5.74, 6) is -0.605. The van der Waals surface area contributed by atoms with Gasteiger partial charge in [0.15, 0.2) is 0 Å². The van der Waals surface area contributed by atoms with Gasteiger partial charge in [0, 0.05) is 48.4 Å². The predicted octanol–water partition coefficient (Wildman–Crippen LogP) is 5.17. The Kier molecular flexibility index (Phi) is 10.1. The molecule has 1 saturated heterocycles. The highest BCUT2D eigenvalue weighted by molar-refractivity contribution is 7.90. The average Bonchev–Trinajstić information content (AvgIpc) is 3.68. The van der Waals surface area contributed by atoms with E-state index in [2.05, 4.69) is 10.0 Å². The lowest BCUT2D eigenvalue weighted by Crippen LogP contribution is -2.56. The summed E-state index contributed by atoms with van der Waals surface area (Å²) in [4.78, 5) is 47.1. The van der Waals surface area contributed by atoms with Gasteiger partial charge in [-0.15, -0.1) is 0 Å². The van der Waals surface area contributed by atoms with Crippen LogP contribution in [-0.2, 0) is 24.4 Å². The van der Waals surface area contributed by atoms with Crippen LogP contribution in [0.15, 0.2) is 95.9 Å². The number of allylic oxidation sites excluding steroid dienone is 1. The molecule has 4 aromatic rings. The molecule has 13 heteroatoms. The summed E-state index contributed by atoms with van der Waals surface area (Å²) in [6.07, 6.45) is 7.02. The standard InChI is InChI=1S/C40H42N4O8S/c1-26(45)44-25-31(52-37-23-34(27-12-7-6-8-13-27)41-35-21-29(50-2)17-18-33(35)37)22-36(44)38(46)42-40-24-28(40)14-9-4-3-5-10-19-51-30-15-11-16-32(20-30)53(48,49)43-39(40)47/h6-9,11-18,20-21,23,28,31,36H,3-5,10,19,22,24-25H2,1-2H3,(H,42,46)(H,43,47)/b14-9+/t28-,31-,36+,40-/m1/s1. The molecule has 0 unspecified atom stereocenters. The van der Waals surface area contributed by atoms with Gasteiger partial charge < -0.3 is 24.4 Å². The number of likely N-dealkylation sites (tertiary alicyclic amines) is 1. The van der Waals surface area contributed by atoms with Gasteiger partial charge in [-0.25, -0.2) is 18.1 Å². The monoisotopic (exact) mass is 738 g/mol. The lowest BCUT2D eigenvalue weighted by atomic mass is 10.1. The molecule has 0 spiro atoms. The molecule has 4 atom stereocenters. The van der Waals surface area contributed by atoms with Crippen molar-refractivity contribution in [2.45, 2.75) is 68.0 Å². The van der Waals surface area contributed by atoms with Crippen LogP contribution in [0.5, 0.6) is 17.2 Å². The number of aromatic nitrogens is 1. The molecule has 3 aliphatic rings. The zero-order valence-corrected chi connectivity index (χ0v) is 30.4. The van der Waals surface area contributed by atoms with Crippen LogP contribution >= 0.6 is 0 Å². The van der Waals surface area contributed by atoms with Crippen molar-refractivity contribution < 1.29 is 37.0 Å². The van der Waals surface area contributed by atoms with E-state index >= 15 is 0 Å². The van der Waals surface area contributed by atoms with Crippen LogP contribution in [0.3, 0.4) is 0 Å². The van der Waals surface area contributed by atoms with Crippen LogP contribution in [0.2, 0.25) is 0 Å². The molecule has 1 aromatic heterocycles. The Morgan fingerprint density at radius 1 is 1.02 bits per heavy atom. The number of sulfonamides is 1. The number of benzene rings is 3. The summed E-state index contributed by atoms with van der Waals surface area (Å²) in [5, 5.41) is 3.62. The first-order valence-electron chi connectivity index (χ1n) is 17.8. The average molecular weight is 739 g/mol. The van der Waals surface area contributed by atoms with Gasteiger partial charge in [-0.1, -0.05) is 48.6 Å². The van der Waals surface area contributed by atoms with Gasteiger partial charge in [-0.3, -0.25) is 14.4 Å². The first-order chi connectivity index (χ1) is 25.6. The number of nitrogens with zero attached hydrogens (tertiary/aromatic N) is 2. The molecule has 3 amide bonds. The molecular weight excluding hydrogens is 697 g/mol. The zero-order chi connectivity index (χ0) is 37.2. The minimum atomic E-state index is -4.30. The van der Waals surface area contributed by atoms with Gasteiger partial charge in [0.05, 0.1) is 36.4 Å². The quantitative estimate of drug-likeness (QED) is 0.255. The van der Waals surface area contributed by atoms with Gasteiger partial charge in [-0.2, -0.15) is 0 Å². The van der Waals surface area contributed by atoms with Crippen molar-refractivity contribution in [2.24, 2.45) is 5.92 Å². The van der Waals surface area contributed by atoms with Crippen molar-refractivity contribution in [1.82, 2.24) is 19.9 Å². The predicted molar refractivity (Wildman–Crippen MR) is 198 cm³/mol. The summed E-state index contributed by atoms with van der Waals surface area (Å²) in [7, 11) is -2.72. The number of rotatable bonds is 6. The molecule has 0 radical (unpaired) electrons. The number of pyridine rings is 1. The Hall–Kier alpha value is -5.43. The summed E-state index contributed by atoms with van der Waals surface area (Å²) in [6.45, 7) is 1.96. The lowest BCUT2D eigenvalue weighted by molar-refractivity contribution is -0.138. The lowest BCUT2D eigenvalue weighted by Gasteiger charge is -2.25. The molecule has 53 heavy (non-hydrogen) atoms. The fraction of sp³-hybridized carbons (Fsp3) is 0.350. The molecule has 2 aliphatic heterocycles. The fourth-order valence-electron chi connectivity index (χ4n) is 7.10. The minimum absolute atomic E-state index is 0.124. The van der Waals surface area contributed by atoms with Crippen molar-refractivity contribution in [2.75, 3.05) is 20.3 Å². The summed E-state index contributed by atoms with van der Waals surface area (Å²) in [5.41, 5.74) is 0.713. The van der Waals surface area contributed by atoms with Gasteiger partial charge in [0.1, 0.15) is 34.9 Å². The van der Waals surface area contributed by atoms with E-state index in [1.54, 1.807) is 19.2 Å². The van der Waals surface area contributed by atoms with Crippen LogP contribution in [0.25, 0.3) is 22.2 Å². The van der Waals surface area contributed by atoms with Gasteiger partial charge in [0.2, 0.25) is 11.8 Å². The van der Waals surface area contributed by atoms with E-state index in [4.69, 9.17) is 19.2 Å². The van der Waals surface area contributed by atoms with Crippen LogP contribution in [0, 0.1) is 5.92 Å². The summed E-state index contributed by atoms with van der Waals surface area (Å²) >= 11 is 0. The van der Waals surface area contributed by atoms with E-state index in [1.165, 1.54) is 24.0 Å². The Balaban J connectivity index is 1.14. The maximum atomic E-state index is 14.1. The Morgan fingerprint density at radius 3 is 2.64 bits per heavy atom. The molecule has 1 aliphatic carbocycles. The molecular formula is C40H42N4O8S. The second-order valence-electron chi connectivity index (χ2n) is 13.7. The number of fused-ring (bicyclic) bond motifs is 4. The second kappa shape index (κ2) is 14.9. The number of carbonyl (C=O) groups excluding carboxylic acids is 3. The van der Waals surface area contributed by atoms with E-state index in [-0.39, 0.29) is 30.2 Å². The van der Waals surface area contributed by atoms with E-state index in [9.17, 15) is 22.8 Å². The molecule has 276 valence electrons. The van der Waals surface area contributed by atoms with E-state index in [0.29, 0.717) is 35.1 Å². The molecule has 2 N–H and O–H groups in total. The fourth-order valence-corrected chi connectivity index (χ4v) is 8.17. The van der Waals surface area contributed by atoms with Gasteiger partial charge in [0.25, 0.3) is 15.9 Å². The topological polar surface area (TPSA) is 153 Å². The van der Waals surface area contributed by atoms with Crippen LogP contribution in [-0.4, -0.2) is 74.0 Å². The molecule has 2 bridgehead atoms. The number of methoxy groups -OCH3 is 1. The number of amides is 3. The van der Waals surface area contributed by atoms with Gasteiger partial charge in [-0.05, 0) is 56.4 Å². The molecule has 12 nitrogen and oxygen atoms in total. The third-order valence-corrected chi connectivity index (χ3v) is 11.4. The molecule has 2 fully saturated rings. The van der Waals surface area contributed by atoms with E-state index < -0.39 is 45.4 Å². The molecule has 7 rings (SSSR count). The van der Waals surface area contributed by atoms with Crippen LogP contribution in [0.4, 0.5) is 0 Å².